The fraction of sp³-hybridized carbons (Fsp3) is 0.179. The van der Waals surface area contributed by atoms with Gasteiger partial charge in [-0.2, -0.15) is 0 Å². The summed E-state index contributed by atoms with van der Waals surface area (Å²) in [7, 11) is 5.61. The fourth-order valence-electron chi connectivity index (χ4n) is 4.55. The smallest absolute Gasteiger partial charge is 0.231 e. The van der Waals surface area contributed by atoms with E-state index in [1.165, 1.54) is 11.6 Å². The normalized spacial score (nSPS) is 14.9. The van der Waals surface area contributed by atoms with E-state index in [1.54, 1.807) is 19.3 Å². The monoisotopic (exact) mass is 454 g/mol. The highest BCUT2D eigenvalue weighted by molar-refractivity contribution is 6.15. The molecule has 0 saturated heterocycles. The lowest BCUT2D eigenvalue weighted by atomic mass is 10.0. The lowest BCUT2D eigenvalue weighted by molar-refractivity contribution is -0.907. The van der Waals surface area contributed by atoms with Crippen molar-refractivity contribution in [1.29, 1.82) is 0 Å². The predicted molar refractivity (Wildman–Crippen MR) is 129 cm³/mol. The van der Waals surface area contributed by atoms with Gasteiger partial charge in [0.25, 0.3) is 0 Å². The van der Waals surface area contributed by atoms with Crippen LogP contribution in [0.4, 0.5) is 0 Å². The highest BCUT2D eigenvalue weighted by Crippen LogP contribution is 2.39. The molecule has 1 N–H and O–H groups in total. The summed E-state index contributed by atoms with van der Waals surface area (Å²) in [4.78, 5) is 14.3. The van der Waals surface area contributed by atoms with Crippen LogP contribution < -0.4 is 19.5 Å². The Hall–Kier alpha value is -4.03. The number of ketones is 1. The van der Waals surface area contributed by atoms with E-state index in [0.717, 1.165) is 33.7 Å². The summed E-state index contributed by atoms with van der Waals surface area (Å²) >= 11 is 0. The molecular formula is C28H26N2O4. The van der Waals surface area contributed by atoms with Crippen molar-refractivity contribution in [3.63, 3.8) is 0 Å². The molecule has 1 aliphatic rings. The van der Waals surface area contributed by atoms with Crippen molar-refractivity contribution in [3.8, 4) is 17.2 Å². The number of nitrogens with one attached hydrogen (secondary N) is 1. The molecule has 0 fully saturated rings. The molecule has 1 aromatic heterocycles. The molecule has 6 nitrogen and oxygen atoms in total. The van der Waals surface area contributed by atoms with E-state index >= 15 is 0 Å². The van der Waals surface area contributed by atoms with E-state index in [1.807, 2.05) is 61.3 Å². The fourth-order valence-corrected chi connectivity index (χ4v) is 4.55. The van der Waals surface area contributed by atoms with Gasteiger partial charge in [-0.15, -0.1) is 0 Å². The zero-order chi connectivity index (χ0) is 23.8. The van der Waals surface area contributed by atoms with E-state index in [9.17, 15) is 9.90 Å². The number of carbonyl (C=O) groups is 1. The molecule has 34 heavy (non-hydrogen) atoms. The molecule has 1 unspecified atom stereocenters. The average molecular weight is 455 g/mol. The van der Waals surface area contributed by atoms with Gasteiger partial charge in [-0.25, -0.2) is 0 Å². The Balaban J connectivity index is 1.47. The van der Waals surface area contributed by atoms with Gasteiger partial charge in [-0.1, -0.05) is 42.1 Å². The van der Waals surface area contributed by atoms with Crippen LogP contribution in [-0.2, 0) is 20.1 Å². The molecule has 5 rings (SSSR count). The number of carbonyl (C=O) groups excluding carboxylic acids is 1. The van der Waals surface area contributed by atoms with E-state index < -0.39 is 0 Å². The molecule has 1 atom stereocenters. The first-order valence-corrected chi connectivity index (χ1v) is 11.2. The van der Waals surface area contributed by atoms with Crippen molar-refractivity contribution in [1.82, 2.24) is 4.57 Å². The van der Waals surface area contributed by atoms with Crippen molar-refractivity contribution in [3.05, 3.63) is 94.9 Å². The number of methoxy groups -OCH3 is 1. The van der Waals surface area contributed by atoms with Crippen LogP contribution in [0.15, 0.2) is 72.6 Å². The number of fused-ring (bicyclic) bond motifs is 2. The van der Waals surface area contributed by atoms with Crippen molar-refractivity contribution >= 4 is 22.8 Å². The summed E-state index contributed by atoms with van der Waals surface area (Å²) in [6.07, 6.45) is 3.70. The van der Waals surface area contributed by atoms with Crippen LogP contribution in [0.3, 0.4) is 0 Å². The van der Waals surface area contributed by atoms with Crippen LogP contribution in [0.1, 0.15) is 27.0 Å². The van der Waals surface area contributed by atoms with Gasteiger partial charge in [-0.3, -0.25) is 4.79 Å². The van der Waals surface area contributed by atoms with Crippen LogP contribution in [0.25, 0.3) is 17.0 Å². The lowest BCUT2D eigenvalue weighted by Gasteiger charge is -2.20. The standard InChI is InChI=1S/C28H26N2O4/c1-29(15-18-7-5-4-6-8-18)17-23-25(31)12-10-21-27(32)26(34-28(21)23)13-19-16-30(2)24-11-9-20(33-3)14-22(19)24/h4-14,16,31H,15,17H2,1-3H3/b26-13+. The Morgan fingerprint density at radius 1 is 1.09 bits per heavy atom. The molecular weight excluding hydrogens is 428 g/mol. The van der Waals surface area contributed by atoms with Gasteiger partial charge in [-0.05, 0) is 30.3 Å². The predicted octanol–water partition coefficient (Wildman–Crippen LogP) is 3.09. The number of quaternary nitrogens is 1. The second kappa shape index (κ2) is 8.72. The number of nitrogens with zero attached hydrogens (tertiary/aromatic N) is 1. The molecule has 0 saturated carbocycles. The number of aryl methyl sites for hydroxylation is 1. The highest BCUT2D eigenvalue weighted by Gasteiger charge is 2.31. The summed E-state index contributed by atoms with van der Waals surface area (Å²) in [6.45, 7) is 1.22. The van der Waals surface area contributed by atoms with Gasteiger partial charge in [0.05, 0.1) is 19.7 Å². The second-order valence-corrected chi connectivity index (χ2v) is 8.73. The molecule has 0 radical (unpaired) electrons. The summed E-state index contributed by atoms with van der Waals surface area (Å²) in [6, 6.07) is 19.0. The van der Waals surface area contributed by atoms with Crippen molar-refractivity contribution in [2.24, 2.45) is 7.05 Å². The minimum Gasteiger partial charge on any atom is -0.872 e. The van der Waals surface area contributed by atoms with Gasteiger partial charge in [0, 0.05) is 40.8 Å². The van der Waals surface area contributed by atoms with Gasteiger partial charge in [0.15, 0.2) is 5.76 Å². The van der Waals surface area contributed by atoms with Crippen LogP contribution in [0.5, 0.6) is 17.2 Å². The van der Waals surface area contributed by atoms with E-state index in [2.05, 4.69) is 12.1 Å². The number of hydrogen-bond acceptors (Lipinski definition) is 4. The third kappa shape index (κ3) is 3.93. The van der Waals surface area contributed by atoms with Gasteiger partial charge < -0.3 is 24.0 Å². The van der Waals surface area contributed by atoms with Crippen LogP contribution in [0.2, 0.25) is 0 Å². The lowest BCUT2D eigenvalue weighted by Crippen LogP contribution is -3.06. The molecule has 0 amide bonds. The van der Waals surface area contributed by atoms with Crippen molar-refractivity contribution < 1.29 is 24.3 Å². The minimum atomic E-state index is -0.211. The maximum Gasteiger partial charge on any atom is 0.231 e. The Labute approximate surface area is 198 Å². The molecule has 1 aliphatic heterocycles. The highest BCUT2D eigenvalue weighted by atomic mass is 16.5. The zero-order valence-electron chi connectivity index (χ0n) is 19.4. The second-order valence-electron chi connectivity index (χ2n) is 8.73. The van der Waals surface area contributed by atoms with Crippen molar-refractivity contribution in [2.75, 3.05) is 14.2 Å². The summed E-state index contributed by atoms with van der Waals surface area (Å²) < 4.78 is 13.4. The Bertz CT molecular complexity index is 1420. The van der Waals surface area contributed by atoms with Crippen LogP contribution in [-0.4, -0.2) is 24.5 Å². The Morgan fingerprint density at radius 3 is 2.65 bits per heavy atom. The first-order valence-electron chi connectivity index (χ1n) is 11.2. The number of Topliss-reactive ketones (excluding diaryl/α,β-unsaturated/α-hetero) is 1. The largest absolute Gasteiger partial charge is 0.872 e. The zero-order valence-corrected chi connectivity index (χ0v) is 19.4. The van der Waals surface area contributed by atoms with Crippen molar-refractivity contribution in [2.45, 2.75) is 13.1 Å². The summed E-state index contributed by atoms with van der Waals surface area (Å²) in [5.41, 5.74) is 4.02. The van der Waals surface area contributed by atoms with Gasteiger partial charge in [0.2, 0.25) is 5.78 Å². The summed E-state index contributed by atoms with van der Waals surface area (Å²) in [5, 5.41) is 13.7. The molecule has 6 heteroatoms. The summed E-state index contributed by atoms with van der Waals surface area (Å²) in [5.74, 6) is 1.02. The first-order chi connectivity index (χ1) is 16.4. The first kappa shape index (κ1) is 21.8. The number of aromatic nitrogens is 1. The van der Waals surface area contributed by atoms with Crippen LogP contribution in [0, 0.1) is 0 Å². The average Bonchev–Trinajstić information content (AvgIpc) is 3.32. The number of hydrogen-bond donors (Lipinski definition) is 1. The van der Waals surface area contributed by atoms with Crippen LogP contribution >= 0.6 is 0 Å². The molecule has 0 aliphatic carbocycles. The third-order valence-electron chi connectivity index (χ3n) is 6.24. The minimum absolute atomic E-state index is 0.116. The number of ether oxygens (including phenoxy) is 2. The Morgan fingerprint density at radius 2 is 1.88 bits per heavy atom. The Kier molecular flexibility index (Phi) is 5.59. The third-order valence-corrected chi connectivity index (χ3v) is 6.24. The maximum atomic E-state index is 13.2. The van der Waals surface area contributed by atoms with E-state index in [4.69, 9.17) is 9.47 Å². The molecule has 0 spiro atoms. The molecule has 3 aromatic carbocycles. The van der Waals surface area contributed by atoms with E-state index in [-0.39, 0.29) is 17.3 Å². The van der Waals surface area contributed by atoms with Gasteiger partial charge >= 0.3 is 0 Å². The number of allylic oxidation sites excluding steroid dienone is 1. The quantitative estimate of drug-likeness (QED) is 0.455. The number of rotatable bonds is 6. The van der Waals surface area contributed by atoms with Gasteiger partial charge in [0.1, 0.15) is 24.6 Å². The molecule has 0 bridgehead atoms. The topological polar surface area (TPSA) is 68.0 Å². The number of benzene rings is 3. The SMILES string of the molecule is COc1ccc2c(c1)c(/C=C1/Oc3c(ccc([O-])c3C[NH+](C)Cc3ccccc3)C1=O)cn2C. The molecule has 4 aromatic rings. The molecule has 2 heterocycles. The molecule has 172 valence electrons. The van der Waals surface area contributed by atoms with E-state index in [0.29, 0.717) is 23.4 Å². The maximum absolute atomic E-state index is 13.2.